The number of nitriles is 1. The summed E-state index contributed by atoms with van der Waals surface area (Å²) in [6, 6.07) is 9.71. The van der Waals surface area contributed by atoms with Crippen LogP contribution in [-0.4, -0.2) is 55.3 Å². The molecule has 0 aliphatic carbocycles. The Hall–Kier alpha value is -2.72. The third-order valence-corrected chi connectivity index (χ3v) is 5.73. The van der Waals surface area contributed by atoms with E-state index in [4.69, 9.17) is 14.7 Å². The van der Waals surface area contributed by atoms with E-state index in [1.54, 1.807) is 4.90 Å². The van der Waals surface area contributed by atoms with E-state index in [0.29, 0.717) is 23.6 Å². The Kier molecular flexibility index (Phi) is 7.97. The van der Waals surface area contributed by atoms with E-state index in [1.807, 2.05) is 24.3 Å². The number of hydrogen-bond donors (Lipinski definition) is 1. The normalized spacial score (nSPS) is 15.7. The SMILES string of the molecule is CCCCCCOC(=O)[C@H](C#N)c1nc2ccccc2nc1N1CC[NH+](CC)CC1. The first kappa shape index (κ1) is 22.0. The lowest BCUT2D eigenvalue weighted by atomic mass is 10.1. The number of carbonyl (C=O) groups is 1. The van der Waals surface area contributed by atoms with Crippen LogP contribution in [0.4, 0.5) is 5.82 Å². The second-order valence-corrected chi connectivity index (χ2v) is 7.80. The van der Waals surface area contributed by atoms with E-state index in [0.717, 1.165) is 63.9 Å². The van der Waals surface area contributed by atoms with Gasteiger partial charge in [-0.3, -0.25) is 4.79 Å². The molecule has 30 heavy (non-hydrogen) atoms. The second-order valence-electron chi connectivity index (χ2n) is 7.80. The molecular weight excluding hydrogens is 378 g/mol. The van der Waals surface area contributed by atoms with Crippen molar-refractivity contribution in [2.75, 3.05) is 44.2 Å². The molecule has 1 aromatic heterocycles. The number of piperazine rings is 1. The molecule has 1 aliphatic heterocycles. The Morgan fingerprint density at radius 1 is 1.17 bits per heavy atom. The maximum Gasteiger partial charge on any atom is 0.329 e. The van der Waals surface area contributed by atoms with Crippen molar-refractivity contribution in [2.45, 2.75) is 45.4 Å². The van der Waals surface area contributed by atoms with Gasteiger partial charge in [-0.15, -0.1) is 0 Å². The molecule has 0 radical (unpaired) electrons. The largest absolute Gasteiger partial charge is 0.464 e. The third-order valence-electron chi connectivity index (χ3n) is 5.73. The molecule has 0 unspecified atom stereocenters. The Morgan fingerprint density at radius 2 is 1.87 bits per heavy atom. The highest BCUT2D eigenvalue weighted by molar-refractivity contribution is 5.85. The zero-order valence-corrected chi connectivity index (χ0v) is 18.1. The monoisotopic (exact) mass is 410 g/mol. The van der Waals surface area contributed by atoms with Gasteiger partial charge in [0.25, 0.3) is 0 Å². The summed E-state index contributed by atoms with van der Waals surface area (Å²) >= 11 is 0. The molecule has 7 heteroatoms. The molecular formula is C23H32N5O2+. The quantitative estimate of drug-likeness (QED) is 0.503. The van der Waals surface area contributed by atoms with E-state index in [1.165, 1.54) is 0 Å². The molecule has 0 amide bonds. The van der Waals surface area contributed by atoms with Gasteiger partial charge in [-0.2, -0.15) is 5.26 Å². The molecule has 3 rings (SSSR count). The van der Waals surface area contributed by atoms with Gasteiger partial charge >= 0.3 is 5.97 Å². The Labute approximate surface area is 178 Å². The lowest BCUT2D eigenvalue weighted by molar-refractivity contribution is -0.898. The molecule has 2 aromatic rings. The highest BCUT2D eigenvalue weighted by Gasteiger charge is 2.31. The van der Waals surface area contributed by atoms with Crippen LogP contribution in [0.3, 0.4) is 0 Å². The van der Waals surface area contributed by atoms with Crippen molar-refractivity contribution in [3.8, 4) is 6.07 Å². The van der Waals surface area contributed by atoms with Gasteiger partial charge in [-0.05, 0) is 25.5 Å². The number of nitrogens with zero attached hydrogens (tertiary/aromatic N) is 4. The number of ether oxygens (including phenoxy) is 1. The number of anilines is 1. The summed E-state index contributed by atoms with van der Waals surface area (Å²) in [5, 5.41) is 9.82. The van der Waals surface area contributed by atoms with Crippen LogP contribution in [0.5, 0.6) is 0 Å². The standard InChI is InChI=1S/C23H31N5O2/c1-3-5-6-9-16-30-23(29)18(17-24)21-22(28-14-12-27(4-2)13-15-28)26-20-11-8-7-10-19(20)25-21/h7-8,10-11,18H,3-6,9,12-16H2,1-2H3/p+1/t18-/m1/s1. The van der Waals surface area contributed by atoms with Crippen molar-refractivity contribution in [3.05, 3.63) is 30.0 Å². The smallest absolute Gasteiger partial charge is 0.329 e. The van der Waals surface area contributed by atoms with Crippen molar-refractivity contribution >= 4 is 22.8 Å². The van der Waals surface area contributed by atoms with Gasteiger partial charge in [0.2, 0.25) is 0 Å². The first-order valence-corrected chi connectivity index (χ1v) is 11.1. The van der Waals surface area contributed by atoms with Gasteiger partial charge in [-0.25, -0.2) is 9.97 Å². The minimum absolute atomic E-state index is 0.339. The molecule has 1 fully saturated rings. The van der Waals surface area contributed by atoms with Crippen molar-refractivity contribution < 1.29 is 14.4 Å². The van der Waals surface area contributed by atoms with Crippen molar-refractivity contribution in [2.24, 2.45) is 0 Å². The van der Waals surface area contributed by atoms with Gasteiger partial charge in [0.05, 0.1) is 56.4 Å². The first-order chi connectivity index (χ1) is 14.7. The number of nitrogens with one attached hydrogen (secondary N) is 1. The van der Waals surface area contributed by atoms with Crippen LogP contribution in [0.1, 0.15) is 51.1 Å². The number of benzene rings is 1. The lowest BCUT2D eigenvalue weighted by Gasteiger charge is -2.33. The van der Waals surface area contributed by atoms with E-state index >= 15 is 0 Å². The number of likely N-dealkylation sites (N-methyl/N-ethyl adjacent to an activating group) is 1. The van der Waals surface area contributed by atoms with Crippen molar-refractivity contribution in [1.82, 2.24) is 9.97 Å². The van der Waals surface area contributed by atoms with Gasteiger partial charge in [0, 0.05) is 0 Å². The number of rotatable bonds is 9. The van der Waals surface area contributed by atoms with Crippen molar-refractivity contribution in [3.63, 3.8) is 0 Å². The summed E-state index contributed by atoms with van der Waals surface area (Å²) in [6.07, 6.45) is 4.07. The fourth-order valence-electron chi connectivity index (χ4n) is 3.83. The molecule has 1 aliphatic rings. The minimum Gasteiger partial charge on any atom is -0.464 e. The number of unbranched alkanes of at least 4 members (excludes halogenated alkanes) is 3. The summed E-state index contributed by atoms with van der Waals surface area (Å²) in [5.41, 5.74) is 1.87. The fraction of sp³-hybridized carbons (Fsp3) is 0.565. The molecule has 2 heterocycles. The van der Waals surface area contributed by atoms with Crippen LogP contribution in [-0.2, 0) is 9.53 Å². The maximum atomic E-state index is 12.7. The fourth-order valence-corrected chi connectivity index (χ4v) is 3.83. The maximum absolute atomic E-state index is 12.7. The number of esters is 1. The average molecular weight is 411 g/mol. The van der Waals surface area contributed by atoms with E-state index < -0.39 is 11.9 Å². The number of fused-ring (bicyclic) bond motifs is 1. The minimum atomic E-state index is -1.07. The van der Waals surface area contributed by atoms with Gasteiger partial charge < -0.3 is 14.5 Å². The Balaban J connectivity index is 1.86. The van der Waals surface area contributed by atoms with Gasteiger partial charge in [-0.1, -0.05) is 38.3 Å². The Bertz CT molecular complexity index is 887. The predicted molar refractivity (Wildman–Crippen MR) is 116 cm³/mol. The summed E-state index contributed by atoms with van der Waals surface area (Å²) in [6.45, 7) is 9.42. The average Bonchev–Trinajstić information content (AvgIpc) is 2.79. The molecule has 160 valence electrons. The molecule has 1 saturated heterocycles. The molecule has 0 saturated carbocycles. The third kappa shape index (κ3) is 5.25. The lowest BCUT2D eigenvalue weighted by Crippen LogP contribution is -3.14. The molecule has 1 aromatic carbocycles. The zero-order chi connectivity index (χ0) is 21.3. The molecule has 1 N–H and O–H groups in total. The van der Waals surface area contributed by atoms with Gasteiger partial charge in [0.15, 0.2) is 11.7 Å². The number of para-hydroxylation sites is 2. The summed E-state index contributed by atoms with van der Waals surface area (Å²) < 4.78 is 5.43. The van der Waals surface area contributed by atoms with E-state index in [-0.39, 0.29) is 0 Å². The number of aromatic nitrogens is 2. The second kappa shape index (κ2) is 10.9. The first-order valence-electron chi connectivity index (χ1n) is 11.1. The molecule has 7 nitrogen and oxygen atoms in total. The topological polar surface area (TPSA) is 83.5 Å². The Morgan fingerprint density at radius 3 is 2.50 bits per heavy atom. The highest BCUT2D eigenvalue weighted by atomic mass is 16.5. The number of carbonyl (C=O) groups excluding carboxylic acids is 1. The van der Waals surface area contributed by atoms with Crippen LogP contribution in [0.15, 0.2) is 24.3 Å². The predicted octanol–water partition coefficient (Wildman–Crippen LogP) is 2.09. The number of hydrogen-bond acceptors (Lipinski definition) is 6. The van der Waals surface area contributed by atoms with Crippen molar-refractivity contribution in [1.29, 1.82) is 5.26 Å². The molecule has 0 spiro atoms. The number of quaternary nitrogens is 1. The van der Waals surface area contributed by atoms with E-state index in [2.05, 4.69) is 24.8 Å². The van der Waals surface area contributed by atoms with Crippen LogP contribution in [0.2, 0.25) is 0 Å². The van der Waals surface area contributed by atoms with Crippen LogP contribution < -0.4 is 9.80 Å². The summed E-state index contributed by atoms with van der Waals surface area (Å²) in [7, 11) is 0. The van der Waals surface area contributed by atoms with Crippen LogP contribution >= 0.6 is 0 Å². The highest BCUT2D eigenvalue weighted by Crippen LogP contribution is 2.28. The summed E-state index contributed by atoms with van der Waals surface area (Å²) in [4.78, 5) is 26.0. The van der Waals surface area contributed by atoms with Crippen LogP contribution in [0.25, 0.3) is 11.0 Å². The molecule has 1 atom stereocenters. The zero-order valence-electron chi connectivity index (χ0n) is 18.1. The molecule has 0 bridgehead atoms. The van der Waals surface area contributed by atoms with E-state index in [9.17, 15) is 10.1 Å². The summed E-state index contributed by atoms with van der Waals surface area (Å²) in [5.74, 6) is -0.962. The van der Waals surface area contributed by atoms with Gasteiger partial charge in [0.1, 0.15) is 5.69 Å². The van der Waals surface area contributed by atoms with Crippen LogP contribution in [0, 0.1) is 11.3 Å².